The van der Waals surface area contributed by atoms with Gasteiger partial charge in [-0.2, -0.15) is 0 Å². The number of carbonyl (C=O) groups excluding carboxylic acids is 2. The number of piperazine rings is 1. The number of fused-ring (bicyclic) bond motifs is 1. The molecule has 0 radical (unpaired) electrons. The number of rotatable bonds is 6. The van der Waals surface area contributed by atoms with Crippen molar-refractivity contribution in [2.75, 3.05) is 26.2 Å². The van der Waals surface area contributed by atoms with E-state index in [4.69, 9.17) is 4.74 Å². The maximum atomic E-state index is 12.4. The van der Waals surface area contributed by atoms with E-state index in [0.717, 1.165) is 36.2 Å². The van der Waals surface area contributed by atoms with Crippen LogP contribution in [-0.4, -0.2) is 75.8 Å². The van der Waals surface area contributed by atoms with Crippen molar-refractivity contribution in [3.63, 3.8) is 0 Å². The van der Waals surface area contributed by atoms with Crippen LogP contribution in [0.5, 0.6) is 0 Å². The van der Waals surface area contributed by atoms with Crippen LogP contribution in [0.15, 0.2) is 24.3 Å². The van der Waals surface area contributed by atoms with Gasteiger partial charge in [0.15, 0.2) is 0 Å². The fourth-order valence-corrected chi connectivity index (χ4v) is 4.46. The van der Waals surface area contributed by atoms with Gasteiger partial charge in [0.25, 0.3) is 0 Å². The van der Waals surface area contributed by atoms with Crippen LogP contribution in [0.1, 0.15) is 25.1 Å². The van der Waals surface area contributed by atoms with Gasteiger partial charge in [0, 0.05) is 26.2 Å². The topological polar surface area (TPSA) is 109 Å². The van der Waals surface area contributed by atoms with Crippen LogP contribution in [0.4, 0.5) is 0 Å². The summed E-state index contributed by atoms with van der Waals surface area (Å²) in [5.41, 5.74) is 1.91. The van der Waals surface area contributed by atoms with Crippen LogP contribution in [0, 0.1) is 0 Å². The van der Waals surface area contributed by atoms with Gasteiger partial charge in [0.2, 0.25) is 11.8 Å². The third-order valence-electron chi connectivity index (χ3n) is 6.05. The van der Waals surface area contributed by atoms with E-state index >= 15 is 0 Å². The zero-order valence-electron chi connectivity index (χ0n) is 17.2. The van der Waals surface area contributed by atoms with Gasteiger partial charge in [0.1, 0.15) is 19.0 Å². The lowest BCUT2D eigenvalue weighted by Crippen LogP contribution is -2.61. The van der Waals surface area contributed by atoms with E-state index in [1.54, 1.807) is 0 Å². The Bertz CT molecular complexity index is 914. The van der Waals surface area contributed by atoms with Crippen LogP contribution in [0.2, 0.25) is 0 Å². The normalized spacial score (nSPS) is 25.3. The summed E-state index contributed by atoms with van der Waals surface area (Å²) >= 11 is 0. The minimum Gasteiger partial charge on any atom is -0.389 e. The Morgan fingerprint density at radius 2 is 2.20 bits per heavy atom. The number of nitrogens with zero attached hydrogens (tertiary/aromatic N) is 3. The van der Waals surface area contributed by atoms with Crippen LogP contribution in [0.3, 0.4) is 0 Å². The first-order chi connectivity index (χ1) is 14.5. The average Bonchev–Trinajstić information content (AvgIpc) is 3.05. The number of imidazole rings is 1. The van der Waals surface area contributed by atoms with Crippen molar-refractivity contribution in [1.29, 1.82) is 0 Å². The molecular formula is C21H29N5O4. The number of ether oxygens (including phenoxy) is 1. The second-order valence-corrected chi connectivity index (χ2v) is 8.05. The maximum Gasteiger partial charge on any atom is 0.246 e. The fraction of sp³-hybridized carbons (Fsp3) is 0.571. The van der Waals surface area contributed by atoms with E-state index in [1.807, 2.05) is 40.8 Å². The Labute approximate surface area is 175 Å². The van der Waals surface area contributed by atoms with Gasteiger partial charge in [-0.25, -0.2) is 4.98 Å². The highest BCUT2D eigenvalue weighted by Crippen LogP contribution is 2.24. The lowest BCUT2D eigenvalue weighted by Gasteiger charge is -2.42. The Balaban J connectivity index is 1.27. The Morgan fingerprint density at radius 3 is 3.00 bits per heavy atom. The summed E-state index contributed by atoms with van der Waals surface area (Å²) in [7, 11) is 1.92. The Kier molecular flexibility index (Phi) is 6.31. The number of aliphatic hydroxyl groups is 1. The molecule has 2 fully saturated rings. The van der Waals surface area contributed by atoms with E-state index in [0.29, 0.717) is 19.5 Å². The van der Waals surface area contributed by atoms with Gasteiger partial charge in [-0.15, -0.1) is 0 Å². The summed E-state index contributed by atoms with van der Waals surface area (Å²) < 4.78 is 7.54. The molecule has 0 spiro atoms. The molecule has 1 aromatic heterocycles. The molecule has 2 amide bonds. The van der Waals surface area contributed by atoms with Gasteiger partial charge in [0.05, 0.1) is 29.7 Å². The monoisotopic (exact) mass is 415 g/mol. The lowest BCUT2D eigenvalue weighted by molar-refractivity contribution is -0.131. The molecule has 4 rings (SSSR count). The molecule has 1 saturated carbocycles. The summed E-state index contributed by atoms with van der Waals surface area (Å²) in [5.74, 6) is 0.481. The summed E-state index contributed by atoms with van der Waals surface area (Å²) in [4.78, 5) is 30.6. The number of hydrogen-bond acceptors (Lipinski definition) is 6. The molecule has 0 bridgehead atoms. The van der Waals surface area contributed by atoms with E-state index in [1.165, 1.54) is 0 Å². The Morgan fingerprint density at radius 1 is 1.37 bits per heavy atom. The molecule has 2 aliphatic rings. The first kappa shape index (κ1) is 20.8. The molecule has 1 aliphatic heterocycles. The number of aliphatic hydroxyl groups excluding tert-OH is 1. The van der Waals surface area contributed by atoms with Crippen molar-refractivity contribution in [3.8, 4) is 0 Å². The van der Waals surface area contributed by atoms with Crippen molar-refractivity contribution in [1.82, 2.24) is 25.1 Å². The predicted octanol–water partition coefficient (Wildman–Crippen LogP) is -0.0801. The highest BCUT2D eigenvalue weighted by molar-refractivity contribution is 5.79. The molecule has 1 aromatic carbocycles. The highest BCUT2D eigenvalue weighted by atomic mass is 16.5. The third kappa shape index (κ3) is 4.48. The zero-order valence-corrected chi connectivity index (χ0v) is 17.2. The fourth-order valence-electron chi connectivity index (χ4n) is 4.46. The van der Waals surface area contributed by atoms with E-state index in [2.05, 4.69) is 15.6 Å². The van der Waals surface area contributed by atoms with Crippen molar-refractivity contribution >= 4 is 22.8 Å². The molecular weight excluding hydrogens is 386 g/mol. The minimum atomic E-state index is -0.701. The van der Waals surface area contributed by atoms with Gasteiger partial charge < -0.3 is 25.0 Å². The first-order valence-corrected chi connectivity index (χ1v) is 10.5. The second kappa shape index (κ2) is 9.11. The number of nitrogens with one attached hydrogen (secondary N) is 2. The number of aromatic nitrogens is 2. The number of benzene rings is 1. The molecule has 2 aromatic rings. The molecule has 9 heteroatoms. The third-order valence-corrected chi connectivity index (χ3v) is 6.05. The van der Waals surface area contributed by atoms with Gasteiger partial charge >= 0.3 is 0 Å². The molecule has 3 atom stereocenters. The summed E-state index contributed by atoms with van der Waals surface area (Å²) in [5, 5.41) is 16.5. The van der Waals surface area contributed by atoms with Gasteiger partial charge in [-0.1, -0.05) is 12.1 Å². The SMILES string of the molecule is Cn1c(COCC(=O)N[C@@H]2CCC[C@@H](N3CCNC(=O)C3)[C@@H]2O)nc2ccccc21. The van der Waals surface area contributed by atoms with Crippen molar-refractivity contribution in [2.45, 2.75) is 44.1 Å². The number of carbonyl (C=O) groups is 2. The molecule has 9 nitrogen and oxygen atoms in total. The van der Waals surface area contributed by atoms with Crippen molar-refractivity contribution < 1.29 is 19.4 Å². The van der Waals surface area contributed by atoms with Crippen molar-refractivity contribution in [2.24, 2.45) is 7.05 Å². The van der Waals surface area contributed by atoms with Gasteiger partial charge in [-0.3, -0.25) is 14.5 Å². The maximum absolute atomic E-state index is 12.4. The largest absolute Gasteiger partial charge is 0.389 e. The smallest absolute Gasteiger partial charge is 0.246 e. The zero-order chi connectivity index (χ0) is 21.1. The molecule has 162 valence electrons. The standard InChI is InChI=1S/C21H29N5O4/c1-25-16-7-3-2-5-14(16)23-18(25)12-30-13-20(28)24-15-6-4-8-17(21(15)29)26-10-9-22-19(27)11-26/h2-3,5,7,15,17,21,29H,4,6,8-13H2,1H3,(H,22,27)(H,24,28)/t15-,17-,21-/m1/s1. The Hall–Kier alpha value is -2.49. The number of hydrogen-bond donors (Lipinski definition) is 3. The summed E-state index contributed by atoms with van der Waals surface area (Å²) in [6.45, 7) is 1.74. The number of amides is 2. The summed E-state index contributed by atoms with van der Waals surface area (Å²) in [6.07, 6.45) is 1.73. The van der Waals surface area contributed by atoms with Crippen molar-refractivity contribution in [3.05, 3.63) is 30.1 Å². The lowest BCUT2D eigenvalue weighted by atomic mass is 9.86. The van der Waals surface area contributed by atoms with E-state index in [-0.39, 0.29) is 37.1 Å². The van der Waals surface area contributed by atoms with Crippen LogP contribution >= 0.6 is 0 Å². The van der Waals surface area contributed by atoms with Gasteiger partial charge in [-0.05, 0) is 31.4 Å². The van der Waals surface area contributed by atoms with E-state index in [9.17, 15) is 14.7 Å². The molecule has 1 aliphatic carbocycles. The molecule has 0 unspecified atom stereocenters. The average molecular weight is 415 g/mol. The molecule has 1 saturated heterocycles. The van der Waals surface area contributed by atoms with Crippen LogP contribution in [-0.2, 0) is 28.0 Å². The molecule has 30 heavy (non-hydrogen) atoms. The quantitative estimate of drug-likeness (QED) is 0.609. The molecule has 3 N–H and O–H groups in total. The highest BCUT2D eigenvalue weighted by Gasteiger charge is 2.37. The predicted molar refractivity (Wildman–Crippen MR) is 111 cm³/mol. The first-order valence-electron chi connectivity index (χ1n) is 10.5. The number of aryl methyl sites for hydroxylation is 1. The van der Waals surface area contributed by atoms with Crippen LogP contribution < -0.4 is 10.6 Å². The number of para-hydroxylation sites is 2. The summed E-state index contributed by atoms with van der Waals surface area (Å²) in [6, 6.07) is 7.38. The van der Waals surface area contributed by atoms with E-state index < -0.39 is 6.10 Å². The molecule has 2 heterocycles. The minimum absolute atomic E-state index is 0.0186. The second-order valence-electron chi connectivity index (χ2n) is 8.05. The van der Waals surface area contributed by atoms with Crippen LogP contribution in [0.25, 0.3) is 11.0 Å².